The minimum absolute atomic E-state index is 0.176. The van der Waals surface area contributed by atoms with Gasteiger partial charge in [-0.3, -0.25) is 4.79 Å². The Balaban J connectivity index is 2.14. The maximum absolute atomic E-state index is 11.2. The topological polar surface area (TPSA) is 43.3 Å². The number of benzene rings is 1. The first kappa shape index (κ1) is 14.6. The first-order valence-electron chi connectivity index (χ1n) is 6.98. The van der Waals surface area contributed by atoms with Crippen LogP contribution in [0.25, 0.3) is 10.9 Å². The summed E-state index contributed by atoms with van der Waals surface area (Å²) in [6.07, 6.45) is 2.42. The standard InChI is InChI=1S/C16H22N2O2/c1-12(2)17-11-13-4-5-14-6-8-18(15(14)10-13)9-7-16(19)20-3/h4-6,8,10,12,17H,7,9,11H2,1-3H3. The number of hydrogen-bond acceptors (Lipinski definition) is 3. The monoisotopic (exact) mass is 274 g/mol. The lowest BCUT2D eigenvalue weighted by atomic mass is 10.1. The van der Waals surface area contributed by atoms with Gasteiger partial charge in [0.05, 0.1) is 13.5 Å². The molecule has 0 unspecified atom stereocenters. The SMILES string of the molecule is COC(=O)CCn1ccc2ccc(CNC(C)C)cc21. The molecule has 0 aliphatic heterocycles. The Hall–Kier alpha value is -1.81. The third kappa shape index (κ3) is 3.61. The fourth-order valence-electron chi connectivity index (χ4n) is 2.17. The molecule has 1 N–H and O–H groups in total. The van der Waals surface area contributed by atoms with Crippen LogP contribution in [0.1, 0.15) is 25.8 Å². The van der Waals surface area contributed by atoms with Gasteiger partial charge in [-0.2, -0.15) is 0 Å². The summed E-state index contributed by atoms with van der Waals surface area (Å²) >= 11 is 0. The van der Waals surface area contributed by atoms with Crippen LogP contribution in [0, 0.1) is 0 Å². The van der Waals surface area contributed by atoms with E-state index >= 15 is 0 Å². The first-order chi connectivity index (χ1) is 9.60. The van der Waals surface area contributed by atoms with Gasteiger partial charge in [-0.25, -0.2) is 0 Å². The second kappa shape index (κ2) is 6.57. The van der Waals surface area contributed by atoms with E-state index in [0.29, 0.717) is 19.0 Å². The van der Waals surface area contributed by atoms with Gasteiger partial charge in [-0.05, 0) is 23.1 Å². The first-order valence-corrected chi connectivity index (χ1v) is 6.98. The Morgan fingerprint density at radius 1 is 1.35 bits per heavy atom. The number of aromatic nitrogens is 1. The third-order valence-corrected chi connectivity index (χ3v) is 3.34. The van der Waals surface area contributed by atoms with Crippen molar-refractivity contribution in [2.75, 3.05) is 7.11 Å². The fourth-order valence-corrected chi connectivity index (χ4v) is 2.17. The van der Waals surface area contributed by atoms with Crippen LogP contribution in [0.3, 0.4) is 0 Å². The quantitative estimate of drug-likeness (QED) is 0.824. The molecule has 0 spiro atoms. The van der Waals surface area contributed by atoms with Crippen LogP contribution in [-0.2, 0) is 22.6 Å². The molecule has 0 amide bonds. The Morgan fingerprint density at radius 3 is 2.85 bits per heavy atom. The molecule has 4 heteroatoms. The summed E-state index contributed by atoms with van der Waals surface area (Å²) in [4.78, 5) is 11.2. The van der Waals surface area contributed by atoms with Crippen molar-refractivity contribution in [1.82, 2.24) is 9.88 Å². The van der Waals surface area contributed by atoms with Crippen LogP contribution >= 0.6 is 0 Å². The zero-order valence-corrected chi connectivity index (χ0v) is 12.3. The average Bonchev–Trinajstić information content (AvgIpc) is 2.84. The summed E-state index contributed by atoms with van der Waals surface area (Å²) in [6, 6.07) is 8.99. The number of carbonyl (C=O) groups excluding carboxylic acids is 1. The van der Waals surface area contributed by atoms with Crippen molar-refractivity contribution in [3.8, 4) is 0 Å². The van der Waals surface area contributed by atoms with E-state index in [1.54, 1.807) is 0 Å². The number of aryl methyl sites for hydroxylation is 1. The molecule has 0 radical (unpaired) electrons. The molecule has 0 atom stereocenters. The van der Waals surface area contributed by atoms with E-state index in [0.717, 1.165) is 12.1 Å². The molecule has 0 aliphatic carbocycles. The number of hydrogen-bond donors (Lipinski definition) is 1. The Labute approximate surface area is 119 Å². The molecule has 1 aromatic carbocycles. The molecule has 1 heterocycles. The van der Waals surface area contributed by atoms with Gasteiger partial charge in [0.25, 0.3) is 0 Å². The number of ether oxygens (including phenoxy) is 1. The van der Waals surface area contributed by atoms with E-state index in [-0.39, 0.29) is 5.97 Å². The second-order valence-corrected chi connectivity index (χ2v) is 5.26. The molecule has 1 aromatic heterocycles. The number of carbonyl (C=O) groups is 1. The molecule has 0 aliphatic rings. The van der Waals surface area contributed by atoms with Crippen LogP contribution in [0.5, 0.6) is 0 Å². The Kier molecular flexibility index (Phi) is 4.79. The number of fused-ring (bicyclic) bond motifs is 1. The van der Waals surface area contributed by atoms with E-state index in [1.165, 1.54) is 18.1 Å². The summed E-state index contributed by atoms with van der Waals surface area (Å²) < 4.78 is 6.79. The van der Waals surface area contributed by atoms with Crippen LogP contribution in [0.4, 0.5) is 0 Å². The van der Waals surface area contributed by atoms with Gasteiger partial charge < -0.3 is 14.6 Å². The highest BCUT2D eigenvalue weighted by Crippen LogP contribution is 2.18. The van der Waals surface area contributed by atoms with Crippen molar-refractivity contribution in [2.45, 2.75) is 39.4 Å². The fraction of sp³-hybridized carbons (Fsp3) is 0.438. The molecule has 2 rings (SSSR count). The van der Waals surface area contributed by atoms with Gasteiger partial charge >= 0.3 is 5.97 Å². The minimum Gasteiger partial charge on any atom is -0.469 e. The predicted octanol–water partition coefficient (Wildman–Crippen LogP) is 2.70. The highest BCUT2D eigenvalue weighted by atomic mass is 16.5. The Bertz CT molecular complexity index is 587. The molecule has 0 saturated carbocycles. The maximum Gasteiger partial charge on any atom is 0.307 e. The Morgan fingerprint density at radius 2 is 2.15 bits per heavy atom. The van der Waals surface area contributed by atoms with Gasteiger partial charge in [0, 0.05) is 30.8 Å². The van der Waals surface area contributed by atoms with E-state index in [2.05, 4.69) is 52.7 Å². The van der Waals surface area contributed by atoms with Gasteiger partial charge in [0.1, 0.15) is 0 Å². The summed E-state index contributed by atoms with van der Waals surface area (Å²) in [5.41, 5.74) is 2.42. The third-order valence-electron chi connectivity index (χ3n) is 3.34. The number of nitrogens with zero attached hydrogens (tertiary/aromatic N) is 1. The molecule has 4 nitrogen and oxygen atoms in total. The molecule has 0 saturated heterocycles. The van der Waals surface area contributed by atoms with Crippen molar-refractivity contribution >= 4 is 16.9 Å². The van der Waals surface area contributed by atoms with E-state index < -0.39 is 0 Å². The maximum atomic E-state index is 11.2. The summed E-state index contributed by atoms with van der Waals surface area (Å²) in [5.74, 6) is -0.176. The van der Waals surface area contributed by atoms with Crippen molar-refractivity contribution < 1.29 is 9.53 Å². The molecule has 20 heavy (non-hydrogen) atoms. The van der Waals surface area contributed by atoms with Crippen LogP contribution < -0.4 is 5.32 Å². The highest BCUT2D eigenvalue weighted by molar-refractivity contribution is 5.81. The second-order valence-electron chi connectivity index (χ2n) is 5.26. The van der Waals surface area contributed by atoms with Gasteiger partial charge in [-0.15, -0.1) is 0 Å². The van der Waals surface area contributed by atoms with Crippen molar-refractivity contribution in [2.24, 2.45) is 0 Å². The van der Waals surface area contributed by atoms with E-state index in [9.17, 15) is 4.79 Å². The number of esters is 1. The number of rotatable bonds is 6. The van der Waals surface area contributed by atoms with Gasteiger partial charge in [0.2, 0.25) is 0 Å². The lowest BCUT2D eigenvalue weighted by Crippen LogP contribution is -2.21. The van der Waals surface area contributed by atoms with Crippen LogP contribution in [0.15, 0.2) is 30.5 Å². The van der Waals surface area contributed by atoms with Crippen LogP contribution in [0.2, 0.25) is 0 Å². The molecule has 0 bridgehead atoms. The van der Waals surface area contributed by atoms with Crippen molar-refractivity contribution in [3.63, 3.8) is 0 Å². The molecule has 0 fully saturated rings. The minimum atomic E-state index is -0.176. The summed E-state index contributed by atoms with van der Waals surface area (Å²) in [7, 11) is 1.42. The zero-order valence-electron chi connectivity index (χ0n) is 12.3. The van der Waals surface area contributed by atoms with Gasteiger partial charge in [-0.1, -0.05) is 26.0 Å². The smallest absolute Gasteiger partial charge is 0.307 e. The molecular formula is C16H22N2O2. The largest absolute Gasteiger partial charge is 0.469 e. The molecular weight excluding hydrogens is 252 g/mol. The van der Waals surface area contributed by atoms with E-state index in [1.807, 2.05) is 6.20 Å². The predicted molar refractivity (Wildman–Crippen MR) is 80.5 cm³/mol. The van der Waals surface area contributed by atoms with Crippen molar-refractivity contribution in [3.05, 3.63) is 36.0 Å². The lowest BCUT2D eigenvalue weighted by Gasteiger charge is -2.09. The average molecular weight is 274 g/mol. The van der Waals surface area contributed by atoms with Crippen molar-refractivity contribution in [1.29, 1.82) is 0 Å². The normalized spacial score (nSPS) is 11.2. The van der Waals surface area contributed by atoms with E-state index in [4.69, 9.17) is 0 Å². The van der Waals surface area contributed by atoms with Crippen LogP contribution in [-0.4, -0.2) is 23.7 Å². The summed E-state index contributed by atoms with van der Waals surface area (Å²) in [6.45, 7) is 5.78. The number of nitrogens with one attached hydrogen (secondary N) is 1. The number of methoxy groups -OCH3 is 1. The lowest BCUT2D eigenvalue weighted by molar-refractivity contribution is -0.140. The zero-order chi connectivity index (χ0) is 14.5. The molecule has 108 valence electrons. The summed E-state index contributed by atoms with van der Waals surface area (Å²) in [5, 5.41) is 4.61. The molecule has 2 aromatic rings. The highest BCUT2D eigenvalue weighted by Gasteiger charge is 2.05. The van der Waals surface area contributed by atoms with Gasteiger partial charge in [0.15, 0.2) is 0 Å².